The summed E-state index contributed by atoms with van der Waals surface area (Å²) in [6.07, 6.45) is 0.0424. The molecule has 7 heteroatoms. The summed E-state index contributed by atoms with van der Waals surface area (Å²) in [7, 11) is 0. The van der Waals surface area contributed by atoms with E-state index in [1.54, 1.807) is 11.6 Å². The number of carboxylic acid groups (broad SMARTS) is 1. The highest BCUT2D eigenvalue weighted by molar-refractivity contribution is 5.86. The average molecular weight is 254 g/mol. The van der Waals surface area contributed by atoms with Crippen LogP contribution in [0.4, 0.5) is 0 Å². The summed E-state index contributed by atoms with van der Waals surface area (Å²) in [5.41, 5.74) is 0.581. The molecule has 7 nitrogen and oxygen atoms in total. The zero-order valence-electron chi connectivity index (χ0n) is 10.7. The lowest BCUT2D eigenvalue weighted by Crippen LogP contribution is -2.44. The summed E-state index contributed by atoms with van der Waals surface area (Å²) >= 11 is 0. The van der Waals surface area contributed by atoms with Crippen LogP contribution in [0.25, 0.3) is 0 Å². The van der Waals surface area contributed by atoms with Gasteiger partial charge in [0, 0.05) is 13.1 Å². The number of rotatable bonds is 4. The normalized spacial score (nSPS) is 21.1. The van der Waals surface area contributed by atoms with E-state index in [1.807, 2.05) is 0 Å². The number of likely N-dealkylation sites (N-methyl/N-ethyl adjacent to an activating group) is 1. The molecule has 2 heterocycles. The number of carboxylic acids is 1. The van der Waals surface area contributed by atoms with Gasteiger partial charge in [-0.25, -0.2) is 9.48 Å². The first kappa shape index (κ1) is 13.0. The molecule has 0 saturated carbocycles. The minimum absolute atomic E-state index is 0.0122. The Labute approximate surface area is 105 Å². The molecule has 1 aromatic heterocycles. The Morgan fingerprint density at radius 2 is 2.39 bits per heavy atom. The highest BCUT2D eigenvalue weighted by Gasteiger charge is 2.22. The molecule has 100 valence electrons. The fourth-order valence-corrected chi connectivity index (χ4v) is 2.10. The van der Waals surface area contributed by atoms with Gasteiger partial charge in [-0.2, -0.15) is 0 Å². The molecule has 1 unspecified atom stereocenters. The summed E-state index contributed by atoms with van der Waals surface area (Å²) in [5.74, 6) is -1.04. The molecule has 0 radical (unpaired) electrons. The van der Waals surface area contributed by atoms with E-state index in [4.69, 9.17) is 9.84 Å². The van der Waals surface area contributed by atoms with Gasteiger partial charge in [-0.1, -0.05) is 12.1 Å². The van der Waals surface area contributed by atoms with Gasteiger partial charge < -0.3 is 9.84 Å². The Hall–Kier alpha value is -1.47. The summed E-state index contributed by atoms with van der Waals surface area (Å²) in [6, 6.07) is 0. The van der Waals surface area contributed by atoms with Gasteiger partial charge in [-0.05, 0) is 13.5 Å². The highest BCUT2D eigenvalue weighted by Crippen LogP contribution is 2.10. The van der Waals surface area contributed by atoms with Gasteiger partial charge in [0.05, 0.1) is 24.9 Å². The summed E-state index contributed by atoms with van der Waals surface area (Å²) in [5, 5.41) is 16.4. The third-order valence-electron chi connectivity index (χ3n) is 3.23. The van der Waals surface area contributed by atoms with E-state index < -0.39 is 5.97 Å². The average Bonchev–Trinajstić information content (AvgIpc) is 2.71. The van der Waals surface area contributed by atoms with E-state index >= 15 is 0 Å². The molecule has 1 atom stereocenters. The maximum atomic E-state index is 10.9. The number of aromatic carboxylic acids is 1. The van der Waals surface area contributed by atoms with Crippen molar-refractivity contribution in [2.45, 2.75) is 26.5 Å². The van der Waals surface area contributed by atoms with Crippen LogP contribution in [0.2, 0.25) is 0 Å². The van der Waals surface area contributed by atoms with Crippen LogP contribution in [-0.4, -0.2) is 63.3 Å². The van der Waals surface area contributed by atoms with Crippen molar-refractivity contribution in [3.05, 3.63) is 11.4 Å². The number of morpholine rings is 1. The van der Waals surface area contributed by atoms with Crippen molar-refractivity contribution in [2.24, 2.45) is 0 Å². The van der Waals surface area contributed by atoms with Gasteiger partial charge in [0.25, 0.3) is 0 Å². The van der Waals surface area contributed by atoms with E-state index in [0.717, 1.165) is 19.6 Å². The molecular weight excluding hydrogens is 236 g/mol. The fourth-order valence-electron chi connectivity index (χ4n) is 2.10. The molecule has 1 aliphatic rings. The van der Waals surface area contributed by atoms with Gasteiger partial charge >= 0.3 is 5.97 Å². The largest absolute Gasteiger partial charge is 0.476 e. The van der Waals surface area contributed by atoms with E-state index in [1.165, 1.54) is 0 Å². The number of aromatic nitrogens is 3. The van der Waals surface area contributed by atoms with Crippen LogP contribution >= 0.6 is 0 Å². The molecule has 18 heavy (non-hydrogen) atoms. The topological polar surface area (TPSA) is 80.5 Å². The van der Waals surface area contributed by atoms with Crippen LogP contribution in [-0.2, 0) is 11.3 Å². The van der Waals surface area contributed by atoms with E-state index in [2.05, 4.69) is 22.1 Å². The van der Waals surface area contributed by atoms with Gasteiger partial charge in [0.2, 0.25) is 0 Å². The molecule has 2 rings (SSSR count). The Morgan fingerprint density at radius 1 is 1.61 bits per heavy atom. The van der Waals surface area contributed by atoms with Gasteiger partial charge in [-0.3, -0.25) is 4.90 Å². The van der Waals surface area contributed by atoms with Crippen molar-refractivity contribution < 1.29 is 14.6 Å². The van der Waals surface area contributed by atoms with Crippen LogP contribution in [0.5, 0.6) is 0 Å². The van der Waals surface area contributed by atoms with Gasteiger partial charge in [0.15, 0.2) is 5.69 Å². The van der Waals surface area contributed by atoms with Gasteiger partial charge in [0.1, 0.15) is 0 Å². The molecule has 1 N–H and O–H groups in total. The van der Waals surface area contributed by atoms with Crippen molar-refractivity contribution in [1.29, 1.82) is 0 Å². The Kier molecular flexibility index (Phi) is 3.93. The molecular formula is C11H18N4O3. The SMILES string of the molecule is CCN1CCOC(Cn2nnc(C(=O)O)c2C)C1. The summed E-state index contributed by atoms with van der Waals surface area (Å²) < 4.78 is 7.27. The Morgan fingerprint density at radius 3 is 3.00 bits per heavy atom. The lowest BCUT2D eigenvalue weighted by Gasteiger charge is -2.32. The molecule has 1 aliphatic heterocycles. The van der Waals surface area contributed by atoms with E-state index in [9.17, 15) is 4.79 Å². The molecule has 1 fully saturated rings. The minimum atomic E-state index is -1.04. The van der Waals surface area contributed by atoms with Crippen LogP contribution in [0, 0.1) is 6.92 Å². The fraction of sp³-hybridized carbons (Fsp3) is 0.727. The first-order valence-corrected chi connectivity index (χ1v) is 6.09. The first-order valence-electron chi connectivity index (χ1n) is 6.09. The van der Waals surface area contributed by atoms with Crippen LogP contribution in [0.1, 0.15) is 23.1 Å². The minimum Gasteiger partial charge on any atom is -0.476 e. The Balaban J connectivity index is 2.03. The second-order valence-electron chi connectivity index (χ2n) is 4.40. The van der Waals surface area contributed by atoms with Crippen LogP contribution in [0.15, 0.2) is 0 Å². The van der Waals surface area contributed by atoms with Gasteiger partial charge in [-0.15, -0.1) is 5.10 Å². The molecule has 1 aromatic rings. The van der Waals surface area contributed by atoms with Crippen LogP contribution < -0.4 is 0 Å². The number of carbonyl (C=O) groups is 1. The second-order valence-corrected chi connectivity index (χ2v) is 4.40. The molecule has 0 aromatic carbocycles. The quantitative estimate of drug-likeness (QED) is 0.815. The maximum absolute atomic E-state index is 10.9. The number of ether oxygens (including phenoxy) is 1. The lowest BCUT2D eigenvalue weighted by atomic mass is 10.2. The molecule has 0 spiro atoms. The van der Waals surface area contributed by atoms with Crippen molar-refractivity contribution in [2.75, 3.05) is 26.2 Å². The molecule has 0 amide bonds. The standard InChI is InChI=1S/C11H18N4O3/c1-3-14-4-5-18-9(6-14)7-15-8(2)10(11(16)17)12-13-15/h9H,3-7H2,1-2H3,(H,16,17). The molecule has 0 aliphatic carbocycles. The zero-order chi connectivity index (χ0) is 13.1. The summed E-state index contributed by atoms with van der Waals surface area (Å²) in [4.78, 5) is 13.2. The van der Waals surface area contributed by atoms with Crippen LogP contribution in [0.3, 0.4) is 0 Å². The smallest absolute Gasteiger partial charge is 0.358 e. The molecule has 0 bridgehead atoms. The van der Waals surface area contributed by atoms with Crippen molar-refractivity contribution in [3.63, 3.8) is 0 Å². The molecule has 1 saturated heterocycles. The predicted molar refractivity (Wildman–Crippen MR) is 63.6 cm³/mol. The third-order valence-corrected chi connectivity index (χ3v) is 3.23. The number of nitrogens with zero attached hydrogens (tertiary/aromatic N) is 4. The predicted octanol–water partition coefficient (Wildman–Crippen LogP) is 0.00542. The second kappa shape index (κ2) is 5.45. The van der Waals surface area contributed by atoms with Crippen molar-refractivity contribution in [1.82, 2.24) is 19.9 Å². The monoisotopic (exact) mass is 254 g/mol. The van der Waals surface area contributed by atoms with Crippen molar-refractivity contribution in [3.8, 4) is 0 Å². The first-order chi connectivity index (χ1) is 8.61. The highest BCUT2D eigenvalue weighted by atomic mass is 16.5. The number of hydrogen-bond acceptors (Lipinski definition) is 5. The maximum Gasteiger partial charge on any atom is 0.358 e. The number of hydrogen-bond donors (Lipinski definition) is 1. The van der Waals surface area contributed by atoms with E-state index in [0.29, 0.717) is 18.8 Å². The lowest BCUT2D eigenvalue weighted by molar-refractivity contribution is -0.0362. The van der Waals surface area contributed by atoms with E-state index in [-0.39, 0.29) is 11.8 Å². The zero-order valence-corrected chi connectivity index (χ0v) is 10.7. The third kappa shape index (κ3) is 2.68. The Bertz CT molecular complexity index is 432. The summed E-state index contributed by atoms with van der Waals surface area (Å²) in [6.45, 7) is 7.87. The van der Waals surface area contributed by atoms with Crippen molar-refractivity contribution >= 4 is 5.97 Å².